The van der Waals surface area contributed by atoms with Gasteiger partial charge in [0.25, 0.3) is 5.91 Å². The third-order valence-corrected chi connectivity index (χ3v) is 5.17. The summed E-state index contributed by atoms with van der Waals surface area (Å²) in [4.78, 5) is 12.5. The van der Waals surface area contributed by atoms with Crippen LogP contribution in [0.2, 0.25) is 0 Å². The van der Waals surface area contributed by atoms with Crippen LogP contribution in [0.4, 0.5) is 0 Å². The van der Waals surface area contributed by atoms with Gasteiger partial charge in [-0.3, -0.25) is 9.89 Å². The van der Waals surface area contributed by atoms with Crippen molar-refractivity contribution >= 4 is 21.8 Å². The molecule has 0 atom stereocenters. The molecule has 0 radical (unpaired) electrons. The van der Waals surface area contributed by atoms with E-state index in [1.165, 1.54) is 0 Å². The first-order valence-corrected chi connectivity index (χ1v) is 9.01. The normalized spacial score (nSPS) is 13.4. The van der Waals surface area contributed by atoms with Crippen LogP contribution in [0, 0.1) is 0 Å². The average molecular weight is 408 g/mol. The van der Waals surface area contributed by atoms with Gasteiger partial charge in [-0.25, -0.2) is 0 Å². The zero-order chi connectivity index (χ0) is 18.2. The van der Waals surface area contributed by atoms with Crippen molar-refractivity contribution in [2.24, 2.45) is 0 Å². The van der Waals surface area contributed by atoms with E-state index in [1.807, 2.05) is 32.0 Å². The molecule has 2 heterocycles. The van der Waals surface area contributed by atoms with Gasteiger partial charge in [0.2, 0.25) is 6.79 Å². The lowest BCUT2D eigenvalue weighted by Gasteiger charge is -2.25. The monoisotopic (exact) mass is 407 g/mol. The summed E-state index contributed by atoms with van der Waals surface area (Å²) in [6, 6.07) is 5.87. The molecule has 25 heavy (non-hydrogen) atoms. The molecule has 0 saturated heterocycles. The molecule has 0 bridgehead atoms. The molecule has 2 aromatic rings. The molecular formula is C18H22BrN3O3. The first-order chi connectivity index (χ1) is 11.8. The van der Waals surface area contributed by atoms with Gasteiger partial charge in [-0.2, -0.15) is 5.10 Å². The van der Waals surface area contributed by atoms with Gasteiger partial charge < -0.3 is 14.8 Å². The minimum absolute atomic E-state index is 0.205. The summed E-state index contributed by atoms with van der Waals surface area (Å²) in [6.45, 7) is 8.96. The van der Waals surface area contributed by atoms with Gasteiger partial charge in [0.1, 0.15) is 0 Å². The molecule has 6 nitrogen and oxygen atoms in total. The number of amides is 1. The van der Waals surface area contributed by atoms with Crippen LogP contribution in [0.3, 0.4) is 0 Å². The topological polar surface area (TPSA) is 76.2 Å². The number of carbonyl (C=O) groups is 1. The van der Waals surface area contributed by atoms with E-state index in [2.05, 4.69) is 45.3 Å². The van der Waals surface area contributed by atoms with E-state index >= 15 is 0 Å². The fourth-order valence-electron chi connectivity index (χ4n) is 2.68. The van der Waals surface area contributed by atoms with Crippen molar-refractivity contribution in [3.63, 3.8) is 0 Å². The first kappa shape index (κ1) is 17.8. The minimum Gasteiger partial charge on any atom is -0.454 e. The van der Waals surface area contributed by atoms with Crippen LogP contribution < -0.4 is 14.8 Å². The first-order valence-electron chi connectivity index (χ1n) is 8.21. The Bertz CT molecular complexity index is 799. The molecule has 0 fully saturated rings. The van der Waals surface area contributed by atoms with E-state index in [0.29, 0.717) is 12.2 Å². The zero-order valence-electron chi connectivity index (χ0n) is 14.8. The largest absolute Gasteiger partial charge is 0.454 e. The van der Waals surface area contributed by atoms with Gasteiger partial charge in [-0.15, -0.1) is 0 Å². The van der Waals surface area contributed by atoms with Crippen LogP contribution in [0.1, 0.15) is 55.4 Å². The molecule has 1 aliphatic rings. The number of hydrogen-bond acceptors (Lipinski definition) is 4. The predicted octanol–water partition coefficient (Wildman–Crippen LogP) is 3.73. The highest BCUT2D eigenvalue weighted by Crippen LogP contribution is 2.36. The maximum atomic E-state index is 12.5. The number of H-pyrrole nitrogens is 1. The van der Waals surface area contributed by atoms with Crippen LogP contribution in [-0.4, -0.2) is 29.4 Å². The third kappa shape index (κ3) is 3.51. The molecule has 134 valence electrons. The maximum Gasteiger partial charge on any atom is 0.272 e. The Kier molecular flexibility index (Phi) is 4.77. The molecular weight excluding hydrogens is 386 g/mol. The van der Waals surface area contributed by atoms with E-state index in [1.54, 1.807) is 0 Å². The predicted molar refractivity (Wildman–Crippen MR) is 98.3 cm³/mol. The second-order valence-electron chi connectivity index (χ2n) is 7.09. The average Bonchev–Trinajstić information content (AvgIpc) is 3.18. The number of aromatic nitrogens is 2. The highest BCUT2D eigenvalue weighted by atomic mass is 79.9. The summed E-state index contributed by atoms with van der Waals surface area (Å²) < 4.78 is 11.5. The summed E-state index contributed by atoms with van der Waals surface area (Å²) in [5, 5.41) is 10.0. The van der Waals surface area contributed by atoms with Crippen molar-refractivity contribution < 1.29 is 14.3 Å². The van der Waals surface area contributed by atoms with Crippen LogP contribution in [0.5, 0.6) is 11.5 Å². The molecule has 7 heteroatoms. The minimum atomic E-state index is -0.264. The van der Waals surface area contributed by atoms with Gasteiger partial charge in [-0.1, -0.05) is 33.8 Å². The van der Waals surface area contributed by atoms with E-state index in [0.717, 1.165) is 27.2 Å². The number of aromatic amines is 1. The van der Waals surface area contributed by atoms with Gasteiger partial charge in [0.05, 0.1) is 10.2 Å². The van der Waals surface area contributed by atoms with E-state index < -0.39 is 0 Å². The number of halogens is 1. The Morgan fingerprint density at radius 3 is 2.76 bits per heavy atom. The molecule has 3 rings (SSSR count). The summed E-state index contributed by atoms with van der Waals surface area (Å²) in [7, 11) is 0. The van der Waals surface area contributed by atoms with Crippen LogP contribution >= 0.6 is 15.9 Å². The SMILES string of the molecule is CC(C)c1[nH]nc(C(=O)NCC(C)(C)c2ccc3c(c2)OCO3)c1Br. The fraction of sp³-hybridized carbons (Fsp3) is 0.444. The van der Waals surface area contributed by atoms with Crippen molar-refractivity contribution in [3.8, 4) is 11.5 Å². The Morgan fingerprint density at radius 2 is 2.08 bits per heavy atom. The van der Waals surface area contributed by atoms with Gasteiger partial charge in [-0.05, 0) is 39.5 Å². The second kappa shape index (κ2) is 6.71. The lowest BCUT2D eigenvalue weighted by molar-refractivity contribution is 0.0940. The highest BCUT2D eigenvalue weighted by Gasteiger charge is 2.26. The second-order valence-corrected chi connectivity index (χ2v) is 7.88. The Balaban J connectivity index is 1.70. The molecule has 1 aromatic heterocycles. The lowest BCUT2D eigenvalue weighted by Crippen LogP contribution is -2.37. The molecule has 0 spiro atoms. The smallest absolute Gasteiger partial charge is 0.272 e. The van der Waals surface area contributed by atoms with Crippen molar-refractivity contribution in [2.75, 3.05) is 13.3 Å². The Hall–Kier alpha value is -2.02. The number of hydrogen-bond donors (Lipinski definition) is 2. The molecule has 1 amide bonds. The lowest BCUT2D eigenvalue weighted by atomic mass is 9.84. The number of ether oxygens (including phenoxy) is 2. The van der Waals surface area contributed by atoms with Crippen molar-refractivity contribution in [1.29, 1.82) is 0 Å². The Labute approximate surface area is 155 Å². The number of nitrogens with zero attached hydrogens (tertiary/aromatic N) is 1. The molecule has 1 aliphatic heterocycles. The van der Waals surface area contributed by atoms with Crippen LogP contribution in [-0.2, 0) is 5.41 Å². The van der Waals surface area contributed by atoms with Gasteiger partial charge in [0.15, 0.2) is 17.2 Å². The maximum absolute atomic E-state index is 12.5. The number of nitrogens with one attached hydrogen (secondary N) is 2. The van der Waals surface area contributed by atoms with Crippen LogP contribution in [0.25, 0.3) is 0 Å². The van der Waals surface area contributed by atoms with Crippen molar-refractivity contribution in [3.05, 3.63) is 39.6 Å². The quantitative estimate of drug-likeness (QED) is 0.791. The standard InChI is InChI=1S/C18H22BrN3O3/c1-10(2)15-14(19)16(22-21-15)17(23)20-8-18(3,4)11-5-6-12-13(7-11)25-9-24-12/h5-7,10H,8-9H2,1-4H3,(H,20,23)(H,21,22). The molecule has 1 aromatic carbocycles. The molecule has 0 saturated carbocycles. The zero-order valence-corrected chi connectivity index (χ0v) is 16.4. The van der Waals surface area contributed by atoms with Crippen molar-refractivity contribution in [1.82, 2.24) is 15.5 Å². The number of fused-ring (bicyclic) bond motifs is 1. The van der Waals surface area contributed by atoms with E-state index in [9.17, 15) is 4.79 Å². The van der Waals surface area contributed by atoms with E-state index in [-0.39, 0.29) is 24.0 Å². The van der Waals surface area contributed by atoms with Crippen molar-refractivity contribution in [2.45, 2.75) is 39.0 Å². The number of benzene rings is 1. The van der Waals surface area contributed by atoms with Gasteiger partial charge in [0, 0.05) is 12.0 Å². The summed E-state index contributed by atoms with van der Waals surface area (Å²) in [6.07, 6.45) is 0. The highest BCUT2D eigenvalue weighted by molar-refractivity contribution is 9.10. The fourth-order valence-corrected chi connectivity index (χ4v) is 3.49. The summed E-state index contributed by atoms with van der Waals surface area (Å²) in [5.74, 6) is 1.55. The molecule has 2 N–H and O–H groups in total. The third-order valence-electron chi connectivity index (χ3n) is 4.37. The van der Waals surface area contributed by atoms with Crippen LogP contribution in [0.15, 0.2) is 22.7 Å². The Morgan fingerprint density at radius 1 is 1.36 bits per heavy atom. The number of rotatable bonds is 5. The number of carbonyl (C=O) groups excluding carboxylic acids is 1. The summed E-state index contributed by atoms with van der Waals surface area (Å²) >= 11 is 3.47. The van der Waals surface area contributed by atoms with E-state index in [4.69, 9.17) is 9.47 Å². The van der Waals surface area contributed by atoms with Gasteiger partial charge >= 0.3 is 0 Å². The molecule has 0 unspecified atom stereocenters. The molecule has 0 aliphatic carbocycles. The summed E-state index contributed by atoms with van der Waals surface area (Å²) in [5.41, 5.74) is 2.10.